The Hall–Kier alpha value is -1.11. The zero-order chi connectivity index (χ0) is 19.7. The van der Waals surface area contributed by atoms with Crippen molar-refractivity contribution in [1.29, 1.82) is 0 Å². The smallest absolute Gasteiger partial charge is 0.227 e. The van der Waals surface area contributed by atoms with Crippen LogP contribution >= 0.6 is 23.2 Å². The maximum atomic E-state index is 13.0. The van der Waals surface area contributed by atoms with Gasteiger partial charge in [-0.25, -0.2) is 0 Å². The van der Waals surface area contributed by atoms with E-state index in [1.54, 1.807) is 12.1 Å². The first kappa shape index (κ1) is 20.2. The Kier molecular flexibility index (Phi) is 6.00. The van der Waals surface area contributed by atoms with E-state index in [4.69, 9.17) is 32.7 Å². The number of amides is 1. The van der Waals surface area contributed by atoms with E-state index in [-0.39, 0.29) is 18.0 Å². The number of likely N-dealkylation sites (N-methyl/N-ethyl adjacent to an activating group) is 1. The molecule has 0 N–H and O–H groups in total. The Bertz CT molecular complexity index is 756. The molecule has 28 heavy (non-hydrogen) atoms. The van der Waals surface area contributed by atoms with Gasteiger partial charge in [0.15, 0.2) is 5.79 Å². The van der Waals surface area contributed by atoms with Crippen molar-refractivity contribution < 1.29 is 14.3 Å². The summed E-state index contributed by atoms with van der Waals surface area (Å²) in [5.41, 5.74) is 0.875. The molecule has 1 saturated heterocycles. The van der Waals surface area contributed by atoms with Crippen molar-refractivity contribution in [3.63, 3.8) is 0 Å². The van der Waals surface area contributed by atoms with Crippen molar-refractivity contribution in [2.75, 3.05) is 33.4 Å². The predicted octanol–water partition coefficient (Wildman–Crippen LogP) is 3.53. The fourth-order valence-corrected chi connectivity index (χ4v) is 4.92. The summed E-state index contributed by atoms with van der Waals surface area (Å²) >= 11 is 12.1. The number of nitrogens with zero attached hydrogens (tertiary/aromatic N) is 2. The third kappa shape index (κ3) is 4.10. The maximum Gasteiger partial charge on any atom is 0.227 e. The van der Waals surface area contributed by atoms with Crippen LogP contribution in [0.3, 0.4) is 0 Å². The second-order valence-electron chi connectivity index (χ2n) is 7.84. The molecule has 152 valence electrons. The van der Waals surface area contributed by atoms with Crippen LogP contribution in [0.2, 0.25) is 10.0 Å². The third-order valence-electron chi connectivity index (χ3n) is 6.14. The number of ether oxygens (including phenoxy) is 2. The SMILES string of the molecule is CN(C(=O)Cc1ccc(Cl)c(Cl)c1)[C@H]1CCC2(C[C@@H]1N1CC=CC1)OCCO2. The molecule has 1 aliphatic carbocycles. The molecule has 0 unspecified atom stereocenters. The van der Waals surface area contributed by atoms with E-state index < -0.39 is 5.79 Å². The number of halogens is 2. The van der Waals surface area contributed by atoms with Gasteiger partial charge in [-0.15, -0.1) is 0 Å². The summed E-state index contributed by atoms with van der Waals surface area (Å²) in [6, 6.07) is 5.72. The van der Waals surface area contributed by atoms with Crippen LogP contribution in [0.1, 0.15) is 24.8 Å². The molecule has 1 aromatic rings. The van der Waals surface area contributed by atoms with Crippen molar-refractivity contribution >= 4 is 29.1 Å². The number of benzene rings is 1. The monoisotopic (exact) mass is 424 g/mol. The van der Waals surface area contributed by atoms with Crippen LogP contribution in [-0.4, -0.2) is 66.9 Å². The first-order valence-corrected chi connectivity index (χ1v) is 10.6. The molecule has 2 aliphatic heterocycles. The summed E-state index contributed by atoms with van der Waals surface area (Å²) in [6.07, 6.45) is 7.17. The summed E-state index contributed by atoms with van der Waals surface area (Å²) in [7, 11) is 1.91. The predicted molar refractivity (Wildman–Crippen MR) is 110 cm³/mol. The van der Waals surface area contributed by atoms with Gasteiger partial charge in [-0.05, 0) is 24.1 Å². The van der Waals surface area contributed by atoms with Gasteiger partial charge in [0.2, 0.25) is 5.91 Å². The average molecular weight is 425 g/mol. The Morgan fingerprint density at radius 2 is 1.93 bits per heavy atom. The van der Waals surface area contributed by atoms with Crippen LogP contribution in [0.15, 0.2) is 30.4 Å². The number of carbonyl (C=O) groups is 1. The molecule has 1 amide bonds. The molecule has 0 radical (unpaired) electrons. The minimum Gasteiger partial charge on any atom is -0.347 e. The van der Waals surface area contributed by atoms with E-state index in [0.29, 0.717) is 29.7 Å². The number of hydrogen-bond acceptors (Lipinski definition) is 4. The van der Waals surface area contributed by atoms with Gasteiger partial charge < -0.3 is 14.4 Å². The molecule has 1 saturated carbocycles. The molecule has 4 rings (SSSR count). The molecular formula is C21H26Cl2N2O3. The Balaban J connectivity index is 1.48. The van der Waals surface area contributed by atoms with Gasteiger partial charge in [-0.3, -0.25) is 9.69 Å². The van der Waals surface area contributed by atoms with E-state index >= 15 is 0 Å². The molecule has 0 bridgehead atoms. The van der Waals surface area contributed by atoms with E-state index in [0.717, 1.165) is 37.9 Å². The van der Waals surface area contributed by atoms with Crippen LogP contribution < -0.4 is 0 Å². The third-order valence-corrected chi connectivity index (χ3v) is 6.88. The highest BCUT2D eigenvalue weighted by Crippen LogP contribution is 2.40. The molecular weight excluding hydrogens is 399 g/mol. The quantitative estimate of drug-likeness (QED) is 0.693. The van der Waals surface area contributed by atoms with Gasteiger partial charge in [0.25, 0.3) is 0 Å². The highest BCUT2D eigenvalue weighted by molar-refractivity contribution is 6.42. The van der Waals surface area contributed by atoms with Crippen LogP contribution in [-0.2, 0) is 20.7 Å². The van der Waals surface area contributed by atoms with E-state index in [1.807, 2.05) is 18.0 Å². The van der Waals surface area contributed by atoms with Gasteiger partial charge in [0.05, 0.1) is 29.7 Å². The minimum absolute atomic E-state index is 0.0877. The lowest BCUT2D eigenvalue weighted by Crippen LogP contribution is -2.58. The van der Waals surface area contributed by atoms with Crippen LogP contribution in [0.25, 0.3) is 0 Å². The lowest BCUT2D eigenvalue weighted by atomic mass is 9.83. The fourth-order valence-electron chi connectivity index (χ4n) is 4.60. The fraction of sp³-hybridized carbons (Fsp3) is 0.571. The standard InChI is InChI=1S/C21H26Cl2N2O3/c1-24(20(26)13-15-4-5-16(22)17(23)12-15)18-6-7-21(27-10-11-28-21)14-19(18)25-8-2-3-9-25/h2-5,12,18-19H,6-11,13-14H2,1H3/t18-,19-/m0/s1. The summed E-state index contributed by atoms with van der Waals surface area (Å²) in [4.78, 5) is 17.4. The maximum absolute atomic E-state index is 13.0. The first-order chi connectivity index (χ1) is 13.5. The number of rotatable bonds is 4. The Labute approximate surface area is 176 Å². The molecule has 5 nitrogen and oxygen atoms in total. The second-order valence-corrected chi connectivity index (χ2v) is 8.65. The van der Waals surface area contributed by atoms with Gasteiger partial charge >= 0.3 is 0 Å². The first-order valence-electron chi connectivity index (χ1n) is 9.84. The van der Waals surface area contributed by atoms with Crippen LogP contribution in [0.4, 0.5) is 0 Å². The Morgan fingerprint density at radius 3 is 2.61 bits per heavy atom. The summed E-state index contributed by atoms with van der Waals surface area (Å²) in [6.45, 7) is 3.13. The zero-order valence-electron chi connectivity index (χ0n) is 16.1. The molecule has 2 heterocycles. The lowest BCUT2D eigenvalue weighted by molar-refractivity contribution is -0.198. The Morgan fingerprint density at radius 1 is 1.21 bits per heavy atom. The topological polar surface area (TPSA) is 42.0 Å². The summed E-state index contributed by atoms with van der Waals surface area (Å²) in [5, 5.41) is 0.979. The van der Waals surface area contributed by atoms with Crippen molar-refractivity contribution in [2.24, 2.45) is 0 Å². The van der Waals surface area contributed by atoms with E-state index in [1.165, 1.54) is 0 Å². The number of carbonyl (C=O) groups excluding carboxylic acids is 1. The highest BCUT2D eigenvalue weighted by atomic mass is 35.5. The number of hydrogen-bond donors (Lipinski definition) is 0. The van der Waals surface area contributed by atoms with Gasteiger partial charge in [-0.1, -0.05) is 41.4 Å². The molecule has 2 atom stereocenters. The highest BCUT2D eigenvalue weighted by Gasteiger charge is 2.48. The molecule has 2 fully saturated rings. The van der Waals surface area contributed by atoms with Crippen molar-refractivity contribution in [3.05, 3.63) is 46.0 Å². The van der Waals surface area contributed by atoms with Crippen LogP contribution in [0, 0.1) is 0 Å². The van der Waals surface area contributed by atoms with Gasteiger partial charge in [-0.2, -0.15) is 0 Å². The second kappa shape index (κ2) is 8.33. The molecule has 0 aromatic heterocycles. The molecule has 3 aliphatic rings. The van der Waals surface area contributed by atoms with Crippen LogP contribution in [0.5, 0.6) is 0 Å². The average Bonchev–Trinajstić information content (AvgIpc) is 3.37. The normalized spacial score (nSPS) is 26.8. The van der Waals surface area contributed by atoms with Crippen molar-refractivity contribution in [1.82, 2.24) is 9.80 Å². The van der Waals surface area contributed by atoms with Crippen molar-refractivity contribution in [2.45, 2.75) is 43.6 Å². The van der Waals surface area contributed by atoms with Gasteiger partial charge in [0, 0.05) is 45.1 Å². The lowest BCUT2D eigenvalue weighted by Gasteiger charge is -2.47. The largest absolute Gasteiger partial charge is 0.347 e. The van der Waals surface area contributed by atoms with Crippen molar-refractivity contribution in [3.8, 4) is 0 Å². The molecule has 7 heteroatoms. The molecule has 1 spiro atoms. The van der Waals surface area contributed by atoms with E-state index in [2.05, 4.69) is 17.1 Å². The van der Waals surface area contributed by atoms with E-state index in [9.17, 15) is 4.79 Å². The summed E-state index contributed by atoms with van der Waals surface area (Å²) in [5.74, 6) is -0.387. The zero-order valence-corrected chi connectivity index (χ0v) is 17.6. The molecule has 1 aromatic carbocycles. The summed E-state index contributed by atoms with van der Waals surface area (Å²) < 4.78 is 12.0. The van der Waals surface area contributed by atoms with Gasteiger partial charge in [0.1, 0.15) is 0 Å². The minimum atomic E-state index is -0.475.